The van der Waals surface area contributed by atoms with Crippen LogP contribution in [0.25, 0.3) is 11.3 Å². The molecule has 22 heavy (non-hydrogen) atoms. The van der Waals surface area contributed by atoms with Crippen LogP contribution in [0.4, 0.5) is 0 Å². The minimum Gasteiger partial charge on any atom is -0.493 e. The number of aromatic amines is 1. The Morgan fingerprint density at radius 2 is 1.91 bits per heavy atom. The molecule has 6 heteroatoms. The second-order valence-electron chi connectivity index (χ2n) is 5.10. The predicted molar refractivity (Wildman–Crippen MR) is 83.7 cm³/mol. The number of benzene rings is 1. The fourth-order valence-corrected chi connectivity index (χ4v) is 2.77. The molecule has 0 saturated heterocycles. The molecule has 2 aromatic rings. The lowest BCUT2D eigenvalue weighted by Gasteiger charge is -2.16. The number of nitrogens with zero attached hydrogens (tertiary/aromatic N) is 1. The molecule has 6 nitrogen and oxygen atoms in total. The molecular weight excluding hydrogens is 282 g/mol. The minimum absolute atomic E-state index is 0.549. The molecule has 0 fully saturated rings. The van der Waals surface area contributed by atoms with Gasteiger partial charge in [-0.1, -0.05) is 0 Å². The molecule has 0 aliphatic carbocycles. The van der Waals surface area contributed by atoms with E-state index in [4.69, 9.17) is 14.2 Å². The second-order valence-corrected chi connectivity index (χ2v) is 5.10. The average Bonchev–Trinajstić information content (AvgIpc) is 2.99. The number of hydrogen-bond acceptors (Lipinski definition) is 5. The first-order chi connectivity index (χ1) is 10.8. The molecule has 1 aliphatic heterocycles. The van der Waals surface area contributed by atoms with Gasteiger partial charge in [0.2, 0.25) is 5.75 Å². The SMILES string of the molecule is CCOc1c(OC)cc(-c2n[nH]c3c2CNCC3)cc1OC. The third-order valence-corrected chi connectivity index (χ3v) is 3.83. The number of ether oxygens (including phenoxy) is 3. The van der Waals surface area contributed by atoms with Gasteiger partial charge in [0.25, 0.3) is 0 Å². The number of rotatable bonds is 5. The number of aromatic nitrogens is 2. The zero-order valence-corrected chi connectivity index (χ0v) is 13.2. The van der Waals surface area contributed by atoms with E-state index in [2.05, 4.69) is 15.5 Å². The molecule has 2 heterocycles. The quantitative estimate of drug-likeness (QED) is 0.885. The van der Waals surface area contributed by atoms with Crippen molar-refractivity contribution in [3.63, 3.8) is 0 Å². The summed E-state index contributed by atoms with van der Waals surface area (Å²) in [6.45, 7) is 4.28. The molecule has 0 spiro atoms. The van der Waals surface area contributed by atoms with Gasteiger partial charge in [-0.2, -0.15) is 5.10 Å². The van der Waals surface area contributed by atoms with Crippen LogP contribution in [-0.2, 0) is 13.0 Å². The van der Waals surface area contributed by atoms with Gasteiger partial charge in [0.05, 0.1) is 26.5 Å². The number of methoxy groups -OCH3 is 2. The Kier molecular flexibility index (Phi) is 4.20. The number of nitrogens with one attached hydrogen (secondary N) is 2. The van der Waals surface area contributed by atoms with Crippen molar-refractivity contribution >= 4 is 0 Å². The van der Waals surface area contributed by atoms with Crippen LogP contribution < -0.4 is 19.5 Å². The van der Waals surface area contributed by atoms with Crippen molar-refractivity contribution < 1.29 is 14.2 Å². The summed E-state index contributed by atoms with van der Waals surface area (Å²) in [5.74, 6) is 1.92. The molecule has 0 radical (unpaired) electrons. The first-order valence-corrected chi connectivity index (χ1v) is 7.44. The third kappa shape index (κ3) is 2.50. The molecule has 0 bridgehead atoms. The summed E-state index contributed by atoms with van der Waals surface area (Å²) in [7, 11) is 3.26. The molecule has 1 aromatic heterocycles. The first kappa shape index (κ1) is 14.7. The Labute approximate surface area is 129 Å². The summed E-state index contributed by atoms with van der Waals surface area (Å²) in [4.78, 5) is 0. The molecule has 1 aromatic carbocycles. The minimum atomic E-state index is 0.549. The van der Waals surface area contributed by atoms with Crippen molar-refractivity contribution in [3.05, 3.63) is 23.4 Å². The number of H-pyrrole nitrogens is 1. The largest absolute Gasteiger partial charge is 0.493 e. The monoisotopic (exact) mass is 303 g/mol. The highest BCUT2D eigenvalue weighted by Gasteiger charge is 2.21. The Morgan fingerprint density at radius 1 is 1.18 bits per heavy atom. The fraction of sp³-hybridized carbons (Fsp3) is 0.438. The standard InChI is InChI=1S/C16H21N3O3/c1-4-22-16-13(20-2)7-10(8-14(16)21-3)15-11-9-17-6-5-12(11)18-19-15/h7-8,17H,4-6,9H2,1-3H3,(H,18,19). The van der Waals surface area contributed by atoms with E-state index in [0.717, 1.165) is 30.8 Å². The van der Waals surface area contributed by atoms with E-state index in [1.165, 1.54) is 11.3 Å². The normalized spacial score (nSPS) is 13.6. The van der Waals surface area contributed by atoms with Gasteiger partial charge < -0.3 is 19.5 Å². The number of hydrogen-bond donors (Lipinski definition) is 2. The van der Waals surface area contributed by atoms with Gasteiger partial charge in [-0.25, -0.2) is 0 Å². The van der Waals surface area contributed by atoms with Crippen molar-refractivity contribution in [2.24, 2.45) is 0 Å². The molecule has 0 unspecified atom stereocenters. The Bertz CT molecular complexity index is 642. The highest BCUT2D eigenvalue weighted by molar-refractivity contribution is 5.71. The highest BCUT2D eigenvalue weighted by Crippen LogP contribution is 2.42. The van der Waals surface area contributed by atoms with Crippen molar-refractivity contribution in [1.29, 1.82) is 0 Å². The van der Waals surface area contributed by atoms with Gasteiger partial charge in [0.15, 0.2) is 11.5 Å². The Balaban J connectivity index is 2.09. The van der Waals surface area contributed by atoms with E-state index >= 15 is 0 Å². The van der Waals surface area contributed by atoms with Crippen molar-refractivity contribution in [1.82, 2.24) is 15.5 Å². The fourth-order valence-electron chi connectivity index (χ4n) is 2.77. The van der Waals surface area contributed by atoms with Gasteiger partial charge >= 0.3 is 0 Å². The van der Waals surface area contributed by atoms with Gasteiger partial charge in [-0.3, -0.25) is 5.10 Å². The summed E-state index contributed by atoms with van der Waals surface area (Å²) >= 11 is 0. The first-order valence-electron chi connectivity index (χ1n) is 7.44. The van der Waals surface area contributed by atoms with Gasteiger partial charge in [-0.15, -0.1) is 0 Å². The smallest absolute Gasteiger partial charge is 0.203 e. The van der Waals surface area contributed by atoms with Crippen LogP contribution in [0.5, 0.6) is 17.2 Å². The zero-order chi connectivity index (χ0) is 15.5. The van der Waals surface area contributed by atoms with E-state index in [9.17, 15) is 0 Å². The van der Waals surface area contributed by atoms with Gasteiger partial charge in [0, 0.05) is 36.3 Å². The van der Waals surface area contributed by atoms with Crippen LogP contribution in [0.1, 0.15) is 18.2 Å². The van der Waals surface area contributed by atoms with Gasteiger partial charge in [0.1, 0.15) is 0 Å². The third-order valence-electron chi connectivity index (χ3n) is 3.83. The molecule has 3 rings (SSSR count). The van der Waals surface area contributed by atoms with E-state index in [1.807, 2.05) is 19.1 Å². The number of fused-ring (bicyclic) bond motifs is 1. The summed E-state index contributed by atoms with van der Waals surface area (Å²) in [5, 5.41) is 11.0. The van der Waals surface area contributed by atoms with Crippen LogP contribution >= 0.6 is 0 Å². The Hall–Kier alpha value is -2.21. The lowest BCUT2D eigenvalue weighted by atomic mass is 10.0. The molecule has 0 amide bonds. The topological polar surface area (TPSA) is 68.4 Å². The van der Waals surface area contributed by atoms with Crippen LogP contribution in [0.15, 0.2) is 12.1 Å². The molecule has 0 saturated carbocycles. The molecular formula is C16H21N3O3. The molecule has 2 N–H and O–H groups in total. The summed E-state index contributed by atoms with van der Waals surface area (Å²) in [6.07, 6.45) is 0.966. The van der Waals surface area contributed by atoms with Crippen molar-refractivity contribution in [3.8, 4) is 28.5 Å². The maximum atomic E-state index is 5.64. The molecule has 1 aliphatic rings. The molecule has 118 valence electrons. The van der Waals surface area contributed by atoms with E-state index in [1.54, 1.807) is 14.2 Å². The van der Waals surface area contributed by atoms with E-state index in [-0.39, 0.29) is 0 Å². The molecule has 0 atom stereocenters. The van der Waals surface area contributed by atoms with Crippen LogP contribution in [0.3, 0.4) is 0 Å². The lowest BCUT2D eigenvalue weighted by molar-refractivity contribution is 0.288. The summed E-state index contributed by atoms with van der Waals surface area (Å²) < 4.78 is 16.6. The zero-order valence-electron chi connectivity index (χ0n) is 13.2. The Morgan fingerprint density at radius 3 is 2.55 bits per heavy atom. The van der Waals surface area contributed by atoms with E-state index in [0.29, 0.717) is 23.9 Å². The maximum Gasteiger partial charge on any atom is 0.203 e. The summed E-state index contributed by atoms with van der Waals surface area (Å²) in [6, 6.07) is 3.89. The van der Waals surface area contributed by atoms with Crippen molar-refractivity contribution in [2.45, 2.75) is 19.9 Å². The van der Waals surface area contributed by atoms with Crippen LogP contribution in [0, 0.1) is 0 Å². The van der Waals surface area contributed by atoms with Crippen molar-refractivity contribution in [2.75, 3.05) is 27.4 Å². The summed E-state index contributed by atoms with van der Waals surface area (Å²) in [5.41, 5.74) is 4.29. The maximum absolute atomic E-state index is 5.64. The van der Waals surface area contributed by atoms with Crippen LogP contribution in [-0.4, -0.2) is 37.6 Å². The predicted octanol–water partition coefficient (Wildman–Crippen LogP) is 2.14. The van der Waals surface area contributed by atoms with E-state index < -0.39 is 0 Å². The van der Waals surface area contributed by atoms with Crippen LogP contribution in [0.2, 0.25) is 0 Å². The highest BCUT2D eigenvalue weighted by atomic mass is 16.5. The van der Waals surface area contributed by atoms with Gasteiger partial charge in [-0.05, 0) is 19.1 Å². The second kappa shape index (κ2) is 6.27. The average molecular weight is 303 g/mol. The lowest BCUT2D eigenvalue weighted by Crippen LogP contribution is -2.23.